The molecule has 0 saturated carbocycles. The highest BCUT2D eigenvalue weighted by molar-refractivity contribution is 5.85. The van der Waals surface area contributed by atoms with Crippen LogP contribution < -0.4 is 10.5 Å². The number of hydrogen-bond donors (Lipinski definition) is 2. The first-order chi connectivity index (χ1) is 8.78. The lowest BCUT2D eigenvalue weighted by Gasteiger charge is -2.05. The molecule has 0 spiro atoms. The van der Waals surface area contributed by atoms with Gasteiger partial charge in [-0.2, -0.15) is 10.2 Å². The molecule has 0 unspecified atom stereocenters. The van der Waals surface area contributed by atoms with E-state index in [1.165, 1.54) is 0 Å². The molecule has 0 radical (unpaired) electrons. The second-order valence-electron chi connectivity index (χ2n) is 4.00. The summed E-state index contributed by atoms with van der Waals surface area (Å²) in [5.74, 6) is 0.679. The Hall–Kier alpha value is -2.56. The van der Waals surface area contributed by atoms with Crippen LogP contribution in [-0.4, -0.2) is 22.3 Å². The van der Waals surface area contributed by atoms with Crippen molar-refractivity contribution in [1.29, 1.82) is 0 Å². The molecule has 0 bridgehead atoms. The number of rotatable bonds is 2. The summed E-state index contributed by atoms with van der Waals surface area (Å²) < 4.78 is 5.14. The van der Waals surface area contributed by atoms with E-state index in [9.17, 15) is 0 Å². The lowest BCUT2D eigenvalue weighted by Crippen LogP contribution is -1.92. The van der Waals surface area contributed by atoms with Crippen molar-refractivity contribution in [2.45, 2.75) is 0 Å². The molecule has 1 aromatic carbocycles. The van der Waals surface area contributed by atoms with Gasteiger partial charge in [0.2, 0.25) is 0 Å². The van der Waals surface area contributed by atoms with Crippen LogP contribution in [0.15, 0.2) is 36.7 Å². The van der Waals surface area contributed by atoms with Gasteiger partial charge in [0.15, 0.2) is 0 Å². The van der Waals surface area contributed by atoms with Crippen LogP contribution in [0.3, 0.4) is 0 Å². The minimum absolute atomic E-state index is 0.616. The van der Waals surface area contributed by atoms with Crippen LogP contribution in [0.5, 0.6) is 5.75 Å². The number of nitrogens with two attached hydrogens (primary N) is 1. The van der Waals surface area contributed by atoms with Crippen molar-refractivity contribution >= 4 is 16.6 Å². The van der Waals surface area contributed by atoms with E-state index in [4.69, 9.17) is 10.5 Å². The predicted octanol–water partition coefficient (Wildman–Crippen LogP) is 2.22. The van der Waals surface area contributed by atoms with Gasteiger partial charge in [-0.1, -0.05) is 0 Å². The maximum absolute atomic E-state index is 5.90. The van der Waals surface area contributed by atoms with Crippen molar-refractivity contribution in [1.82, 2.24) is 15.2 Å². The fourth-order valence-corrected chi connectivity index (χ4v) is 1.94. The van der Waals surface area contributed by atoms with Crippen molar-refractivity contribution < 1.29 is 4.74 Å². The fraction of sp³-hybridized carbons (Fsp3) is 0.0769. The molecule has 2 heterocycles. The summed E-state index contributed by atoms with van der Waals surface area (Å²) in [6.45, 7) is 0. The summed E-state index contributed by atoms with van der Waals surface area (Å²) in [7, 11) is 1.60. The number of aromatic amines is 1. The normalized spacial score (nSPS) is 10.7. The number of H-pyrrole nitrogens is 1. The van der Waals surface area contributed by atoms with E-state index in [0.717, 1.165) is 22.2 Å². The Balaban J connectivity index is 2.11. The van der Waals surface area contributed by atoms with Crippen molar-refractivity contribution in [3.8, 4) is 17.0 Å². The Kier molecular flexibility index (Phi) is 2.37. The lowest BCUT2D eigenvalue weighted by atomic mass is 10.1. The minimum atomic E-state index is 0.616. The molecule has 3 aromatic rings. The van der Waals surface area contributed by atoms with Crippen LogP contribution in [0.25, 0.3) is 22.2 Å². The molecule has 5 heteroatoms. The SMILES string of the molecule is COc1ccc(-c2cc3cnncc3[nH]2)cc1N. The first kappa shape index (κ1) is 10.6. The summed E-state index contributed by atoms with van der Waals surface area (Å²) in [6.07, 6.45) is 3.42. The van der Waals surface area contributed by atoms with E-state index in [2.05, 4.69) is 15.2 Å². The molecule has 3 N–H and O–H groups in total. The molecular weight excluding hydrogens is 228 g/mol. The molecule has 0 saturated heterocycles. The van der Waals surface area contributed by atoms with Crippen LogP contribution in [0, 0.1) is 0 Å². The number of fused-ring (bicyclic) bond motifs is 1. The van der Waals surface area contributed by atoms with Crippen molar-refractivity contribution in [3.63, 3.8) is 0 Å². The van der Waals surface area contributed by atoms with Gasteiger partial charge in [0.1, 0.15) is 5.75 Å². The Bertz CT molecular complexity index is 672. The highest BCUT2D eigenvalue weighted by Gasteiger charge is 2.06. The van der Waals surface area contributed by atoms with Crippen LogP contribution >= 0.6 is 0 Å². The number of anilines is 1. The topological polar surface area (TPSA) is 76.8 Å². The van der Waals surface area contributed by atoms with Gasteiger partial charge < -0.3 is 15.5 Å². The van der Waals surface area contributed by atoms with Crippen LogP contribution in [0.2, 0.25) is 0 Å². The van der Waals surface area contributed by atoms with E-state index in [0.29, 0.717) is 11.4 Å². The number of nitrogens with one attached hydrogen (secondary N) is 1. The summed E-state index contributed by atoms with van der Waals surface area (Å²) in [4.78, 5) is 3.28. The maximum atomic E-state index is 5.90. The second-order valence-corrected chi connectivity index (χ2v) is 4.00. The lowest BCUT2D eigenvalue weighted by molar-refractivity contribution is 0.417. The van der Waals surface area contributed by atoms with Gasteiger partial charge in [-0.25, -0.2) is 0 Å². The third-order valence-corrected chi connectivity index (χ3v) is 2.87. The van der Waals surface area contributed by atoms with Gasteiger partial charge in [0.25, 0.3) is 0 Å². The third-order valence-electron chi connectivity index (χ3n) is 2.87. The zero-order chi connectivity index (χ0) is 12.5. The quantitative estimate of drug-likeness (QED) is 0.673. The number of nitrogens with zero attached hydrogens (tertiary/aromatic N) is 2. The molecule has 0 aliphatic heterocycles. The molecule has 0 atom stereocenters. The highest BCUT2D eigenvalue weighted by Crippen LogP contribution is 2.29. The van der Waals surface area contributed by atoms with Crippen molar-refractivity contribution in [2.24, 2.45) is 0 Å². The molecule has 0 amide bonds. The summed E-state index contributed by atoms with van der Waals surface area (Å²) in [5.41, 5.74) is 9.45. The number of methoxy groups -OCH3 is 1. The zero-order valence-corrected chi connectivity index (χ0v) is 9.84. The van der Waals surface area contributed by atoms with Gasteiger partial charge in [-0.05, 0) is 24.3 Å². The van der Waals surface area contributed by atoms with Crippen molar-refractivity contribution in [3.05, 3.63) is 36.7 Å². The van der Waals surface area contributed by atoms with Gasteiger partial charge >= 0.3 is 0 Å². The number of aromatic nitrogens is 3. The average molecular weight is 240 g/mol. The Morgan fingerprint density at radius 3 is 2.72 bits per heavy atom. The first-order valence-corrected chi connectivity index (χ1v) is 5.51. The summed E-state index contributed by atoms with van der Waals surface area (Å²) in [6, 6.07) is 7.71. The largest absolute Gasteiger partial charge is 0.495 e. The van der Waals surface area contributed by atoms with Gasteiger partial charge in [-0.3, -0.25) is 0 Å². The van der Waals surface area contributed by atoms with Gasteiger partial charge in [0.05, 0.1) is 30.7 Å². The monoisotopic (exact) mass is 240 g/mol. The molecule has 90 valence electrons. The number of ether oxygens (including phenoxy) is 1. The average Bonchev–Trinajstić information content (AvgIpc) is 2.82. The van der Waals surface area contributed by atoms with Crippen LogP contribution in [0.4, 0.5) is 5.69 Å². The number of benzene rings is 1. The minimum Gasteiger partial charge on any atom is -0.495 e. The Morgan fingerprint density at radius 1 is 1.17 bits per heavy atom. The highest BCUT2D eigenvalue weighted by atomic mass is 16.5. The molecule has 2 aromatic heterocycles. The third kappa shape index (κ3) is 1.66. The van der Waals surface area contributed by atoms with E-state index >= 15 is 0 Å². The Labute approximate surface area is 104 Å². The van der Waals surface area contributed by atoms with E-state index in [1.807, 2.05) is 24.3 Å². The number of nitrogen functional groups attached to an aromatic ring is 1. The molecule has 3 rings (SSSR count). The molecule has 5 nitrogen and oxygen atoms in total. The molecule has 0 aliphatic rings. The zero-order valence-electron chi connectivity index (χ0n) is 9.84. The summed E-state index contributed by atoms with van der Waals surface area (Å²) >= 11 is 0. The maximum Gasteiger partial charge on any atom is 0.141 e. The smallest absolute Gasteiger partial charge is 0.141 e. The number of hydrogen-bond acceptors (Lipinski definition) is 4. The van der Waals surface area contributed by atoms with E-state index in [1.54, 1.807) is 19.5 Å². The molecule has 0 fully saturated rings. The van der Waals surface area contributed by atoms with Gasteiger partial charge in [0, 0.05) is 16.6 Å². The van der Waals surface area contributed by atoms with E-state index in [-0.39, 0.29) is 0 Å². The summed E-state index contributed by atoms with van der Waals surface area (Å²) in [5, 5.41) is 8.71. The van der Waals surface area contributed by atoms with Crippen LogP contribution in [-0.2, 0) is 0 Å². The van der Waals surface area contributed by atoms with Crippen LogP contribution in [0.1, 0.15) is 0 Å². The molecule has 0 aliphatic carbocycles. The molecule has 18 heavy (non-hydrogen) atoms. The first-order valence-electron chi connectivity index (χ1n) is 5.51. The Morgan fingerprint density at radius 2 is 2.00 bits per heavy atom. The van der Waals surface area contributed by atoms with E-state index < -0.39 is 0 Å². The van der Waals surface area contributed by atoms with Crippen molar-refractivity contribution in [2.75, 3.05) is 12.8 Å². The molecular formula is C13H12N4O. The second kappa shape index (κ2) is 4.03. The van der Waals surface area contributed by atoms with Gasteiger partial charge in [-0.15, -0.1) is 0 Å². The fourth-order valence-electron chi connectivity index (χ4n) is 1.94. The predicted molar refractivity (Wildman–Crippen MR) is 70.3 cm³/mol. The standard InChI is InChI=1S/C13H12N4O/c1-18-13-3-2-8(4-10(13)14)11-5-9-6-15-16-7-12(9)17-11/h2-7,17H,14H2,1H3.